The summed E-state index contributed by atoms with van der Waals surface area (Å²) >= 11 is 3.35. The lowest BCUT2D eigenvalue weighted by molar-refractivity contribution is 0.347. The van der Waals surface area contributed by atoms with Gasteiger partial charge in [-0.25, -0.2) is 0 Å². The molecule has 0 heterocycles. The predicted molar refractivity (Wildman–Crippen MR) is 53.8 cm³/mol. The van der Waals surface area contributed by atoms with Gasteiger partial charge in [0.25, 0.3) is 0 Å². The molecule has 0 atom stereocenters. The van der Waals surface area contributed by atoms with Crippen molar-refractivity contribution in [1.29, 1.82) is 0 Å². The molecule has 0 aliphatic heterocycles. The molecule has 13 heavy (non-hydrogen) atoms. The summed E-state index contributed by atoms with van der Waals surface area (Å²) < 4.78 is 16.1. The number of methoxy groups -OCH3 is 3. The molecule has 0 radical (unpaired) electrons. The molecule has 1 aromatic rings. The van der Waals surface area contributed by atoms with Crippen molar-refractivity contribution < 1.29 is 14.2 Å². The van der Waals surface area contributed by atoms with Crippen LogP contribution in [-0.2, 0) is 0 Å². The van der Waals surface area contributed by atoms with Crippen LogP contribution in [0.1, 0.15) is 0 Å². The molecule has 0 aliphatic rings. The first-order valence-corrected chi connectivity index (χ1v) is 4.47. The summed E-state index contributed by atoms with van der Waals surface area (Å²) in [7, 11) is 4.78. The quantitative estimate of drug-likeness (QED) is 0.821. The Balaban J connectivity index is 3.20. The lowest BCUT2D eigenvalue weighted by Crippen LogP contribution is -1.93. The van der Waals surface area contributed by atoms with Crippen LogP contribution in [0.5, 0.6) is 17.2 Å². The summed E-state index contributed by atoms with van der Waals surface area (Å²) in [6.45, 7) is 0. The topological polar surface area (TPSA) is 27.7 Å². The summed E-state index contributed by atoms with van der Waals surface area (Å²) in [6, 6.07) is 3.59. The maximum Gasteiger partial charge on any atom is 0.175 e. The molecule has 72 valence electrons. The summed E-state index contributed by atoms with van der Waals surface area (Å²) in [4.78, 5) is 0. The first-order valence-electron chi connectivity index (χ1n) is 3.68. The van der Waals surface area contributed by atoms with E-state index in [4.69, 9.17) is 14.2 Å². The largest absolute Gasteiger partial charge is 0.497 e. The van der Waals surface area contributed by atoms with Gasteiger partial charge in [-0.1, -0.05) is 0 Å². The average molecular weight is 247 g/mol. The Bertz CT molecular complexity index is 299. The van der Waals surface area contributed by atoms with Gasteiger partial charge in [-0.3, -0.25) is 0 Å². The van der Waals surface area contributed by atoms with Crippen molar-refractivity contribution in [3.8, 4) is 17.2 Å². The highest BCUT2D eigenvalue weighted by atomic mass is 79.9. The van der Waals surface area contributed by atoms with Crippen molar-refractivity contribution >= 4 is 15.9 Å². The van der Waals surface area contributed by atoms with Gasteiger partial charge in [0, 0.05) is 6.07 Å². The fourth-order valence-electron chi connectivity index (χ4n) is 1.01. The van der Waals surface area contributed by atoms with Crippen molar-refractivity contribution in [2.45, 2.75) is 0 Å². The van der Waals surface area contributed by atoms with Crippen LogP contribution in [0.15, 0.2) is 16.6 Å². The molecule has 0 aliphatic carbocycles. The fourth-order valence-corrected chi connectivity index (χ4v) is 1.60. The van der Waals surface area contributed by atoms with Crippen molar-refractivity contribution in [2.75, 3.05) is 21.3 Å². The van der Waals surface area contributed by atoms with Crippen LogP contribution in [0.3, 0.4) is 0 Å². The number of rotatable bonds is 3. The number of hydrogen-bond acceptors (Lipinski definition) is 3. The summed E-state index contributed by atoms with van der Waals surface area (Å²) in [6.07, 6.45) is 0. The Labute approximate surface area is 85.7 Å². The third kappa shape index (κ3) is 2.06. The zero-order chi connectivity index (χ0) is 9.84. The van der Waals surface area contributed by atoms with Crippen molar-refractivity contribution in [3.05, 3.63) is 16.6 Å². The number of benzene rings is 1. The molecule has 0 unspecified atom stereocenters. The van der Waals surface area contributed by atoms with E-state index < -0.39 is 0 Å². The van der Waals surface area contributed by atoms with Gasteiger partial charge < -0.3 is 14.2 Å². The highest BCUT2D eigenvalue weighted by molar-refractivity contribution is 9.10. The molecule has 0 saturated carbocycles. The zero-order valence-corrected chi connectivity index (χ0v) is 9.34. The maximum absolute atomic E-state index is 5.14. The summed E-state index contributed by atoms with van der Waals surface area (Å²) in [5.41, 5.74) is 0. The smallest absolute Gasteiger partial charge is 0.175 e. The van der Waals surface area contributed by atoms with Gasteiger partial charge in [0.2, 0.25) is 0 Å². The van der Waals surface area contributed by atoms with E-state index in [2.05, 4.69) is 15.9 Å². The van der Waals surface area contributed by atoms with E-state index in [1.807, 2.05) is 6.07 Å². The summed E-state index contributed by atoms with van der Waals surface area (Å²) in [5.74, 6) is 2.04. The van der Waals surface area contributed by atoms with Gasteiger partial charge in [-0.05, 0) is 22.0 Å². The SMILES string of the molecule is COc1cc(Br)c(OC)c(OC)c1. The minimum absolute atomic E-state index is 0.647. The molecule has 4 heteroatoms. The first-order chi connectivity index (χ1) is 6.22. The van der Waals surface area contributed by atoms with Crippen LogP contribution < -0.4 is 14.2 Å². The van der Waals surface area contributed by atoms with E-state index in [1.54, 1.807) is 27.4 Å². The molecule has 0 aromatic heterocycles. The minimum atomic E-state index is 0.647. The molecular weight excluding hydrogens is 236 g/mol. The van der Waals surface area contributed by atoms with Crippen LogP contribution in [0.4, 0.5) is 0 Å². The van der Waals surface area contributed by atoms with Gasteiger partial charge in [0.1, 0.15) is 5.75 Å². The third-order valence-corrected chi connectivity index (χ3v) is 2.23. The van der Waals surface area contributed by atoms with Gasteiger partial charge in [-0.2, -0.15) is 0 Å². The van der Waals surface area contributed by atoms with Crippen molar-refractivity contribution in [1.82, 2.24) is 0 Å². The van der Waals surface area contributed by atoms with Crippen molar-refractivity contribution in [2.24, 2.45) is 0 Å². The van der Waals surface area contributed by atoms with E-state index in [1.165, 1.54) is 0 Å². The van der Waals surface area contributed by atoms with Crippen LogP contribution >= 0.6 is 15.9 Å². The highest BCUT2D eigenvalue weighted by Gasteiger charge is 2.10. The second-order valence-corrected chi connectivity index (χ2v) is 3.20. The normalized spacial score (nSPS) is 9.54. The zero-order valence-electron chi connectivity index (χ0n) is 7.76. The molecule has 0 bridgehead atoms. The Hall–Kier alpha value is -0.900. The van der Waals surface area contributed by atoms with Crippen LogP contribution in [-0.4, -0.2) is 21.3 Å². The van der Waals surface area contributed by atoms with Crippen LogP contribution in [0.2, 0.25) is 0 Å². The van der Waals surface area contributed by atoms with Crippen molar-refractivity contribution in [3.63, 3.8) is 0 Å². The Morgan fingerprint density at radius 1 is 1.00 bits per heavy atom. The lowest BCUT2D eigenvalue weighted by atomic mass is 10.3. The van der Waals surface area contributed by atoms with Gasteiger partial charge >= 0.3 is 0 Å². The highest BCUT2D eigenvalue weighted by Crippen LogP contribution is 2.38. The van der Waals surface area contributed by atoms with Gasteiger partial charge in [0.15, 0.2) is 11.5 Å². The second kappa shape index (κ2) is 4.37. The minimum Gasteiger partial charge on any atom is -0.497 e. The fraction of sp³-hybridized carbons (Fsp3) is 0.333. The van der Waals surface area contributed by atoms with Gasteiger partial charge in [0.05, 0.1) is 25.8 Å². The Kier molecular flexibility index (Phi) is 3.42. The second-order valence-electron chi connectivity index (χ2n) is 2.34. The molecule has 1 aromatic carbocycles. The monoisotopic (exact) mass is 246 g/mol. The van der Waals surface area contributed by atoms with Crippen LogP contribution in [0, 0.1) is 0 Å². The predicted octanol–water partition coefficient (Wildman–Crippen LogP) is 2.47. The van der Waals surface area contributed by atoms with Crippen LogP contribution in [0.25, 0.3) is 0 Å². The standard InChI is InChI=1S/C9H11BrO3/c1-11-6-4-7(10)9(13-3)8(5-6)12-2/h4-5H,1-3H3. The third-order valence-electron chi connectivity index (χ3n) is 1.64. The Morgan fingerprint density at radius 3 is 2.15 bits per heavy atom. The first kappa shape index (κ1) is 10.2. The molecule has 0 fully saturated rings. The van der Waals surface area contributed by atoms with Gasteiger partial charge in [-0.15, -0.1) is 0 Å². The van der Waals surface area contributed by atoms with E-state index in [-0.39, 0.29) is 0 Å². The molecular formula is C9H11BrO3. The molecule has 0 N–H and O–H groups in total. The molecule has 3 nitrogen and oxygen atoms in total. The Morgan fingerprint density at radius 2 is 1.69 bits per heavy atom. The molecule has 0 amide bonds. The molecule has 0 saturated heterocycles. The average Bonchev–Trinajstić information content (AvgIpc) is 2.16. The van der Waals surface area contributed by atoms with E-state index in [0.717, 1.165) is 10.2 Å². The number of halogens is 1. The number of ether oxygens (including phenoxy) is 3. The summed E-state index contributed by atoms with van der Waals surface area (Å²) in [5, 5.41) is 0. The molecule has 0 spiro atoms. The number of hydrogen-bond donors (Lipinski definition) is 0. The maximum atomic E-state index is 5.14. The molecule has 1 rings (SSSR count). The van der Waals surface area contributed by atoms with E-state index >= 15 is 0 Å². The lowest BCUT2D eigenvalue weighted by Gasteiger charge is -2.10. The van der Waals surface area contributed by atoms with E-state index in [9.17, 15) is 0 Å². The van der Waals surface area contributed by atoms with E-state index in [0.29, 0.717) is 11.5 Å².